The smallest absolute Gasteiger partial charge is 0.230 e. The van der Waals surface area contributed by atoms with Gasteiger partial charge in [-0.15, -0.1) is 0 Å². The van der Waals surface area contributed by atoms with Crippen LogP contribution in [0.5, 0.6) is 5.75 Å². The van der Waals surface area contributed by atoms with Crippen LogP contribution in [-0.4, -0.2) is 78.5 Å². The molecule has 47 heavy (non-hydrogen) atoms. The van der Waals surface area contributed by atoms with E-state index in [4.69, 9.17) is 15.2 Å². The number of primary amides is 1. The van der Waals surface area contributed by atoms with Gasteiger partial charge in [0.25, 0.3) is 0 Å². The molecule has 6 rings (SSSR count). The van der Waals surface area contributed by atoms with Crippen LogP contribution in [-0.2, 0) is 38.8 Å². The van der Waals surface area contributed by atoms with Gasteiger partial charge in [-0.2, -0.15) is 0 Å². The Bertz CT molecular complexity index is 1720. The number of Topliss-reactive ketones (excluding diaryl/α,β-unsaturated/α-hetero) is 2. The Hall–Kier alpha value is -4.51. The van der Waals surface area contributed by atoms with Crippen molar-refractivity contribution in [2.45, 2.75) is 43.8 Å². The first-order valence-electron chi connectivity index (χ1n) is 15.8. The highest BCUT2D eigenvalue weighted by molar-refractivity contribution is 6.25. The maximum absolute atomic E-state index is 14.5. The van der Waals surface area contributed by atoms with Gasteiger partial charge in [0, 0.05) is 37.3 Å². The van der Waals surface area contributed by atoms with Crippen molar-refractivity contribution in [3.05, 3.63) is 101 Å². The van der Waals surface area contributed by atoms with Crippen molar-refractivity contribution in [3.63, 3.8) is 0 Å². The number of aliphatic hydroxyl groups is 2. The van der Waals surface area contributed by atoms with E-state index in [-0.39, 0.29) is 31.0 Å². The van der Waals surface area contributed by atoms with Gasteiger partial charge in [-0.3, -0.25) is 14.4 Å². The van der Waals surface area contributed by atoms with Gasteiger partial charge in [-0.05, 0) is 61.7 Å². The van der Waals surface area contributed by atoms with Crippen LogP contribution in [0.25, 0.3) is 5.76 Å². The topological polar surface area (TPSA) is 143 Å². The second kappa shape index (κ2) is 12.6. The molecule has 0 spiro atoms. The molecule has 246 valence electrons. The molecule has 0 heterocycles. The lowest BCUT2D eigenvalue weighted by molar-refractivity contribution is -0.190. The fourth-order valence-corrected chi connectivity index (χ4v) is 7.78. The first kappa shape index (κ1) is 32.4. The summed E-state index contributed by atoms with van der Waals surface area (Å²) in [6.07, 6.45) is -0.459. The van der Waals surface area contributed by atoms with Crippen LogP contribution in [0.15, 0.2) is 78.4 Å². The number of carbonyl (C=O) groups excluding carboxylic acids is 3. The van der Waals surface area contributed by atoms with Crippen molar-refractivity contribution in [2.24, 2.45) is 23.5 Å². The lowest BCUT2D eigenvalue weighted by Crippen LogP contribution is -2.73. The minimum atomic E-state index is -2.59. The molecule has 2 saturated carbocycles. The Kier molecular flexibility index (Phi) is 8.69. The van der Waals surface area contributed by atoms with Crippen molar-refractivity contribution >= 4 is 28.9 Å². The number of fused-ring (bicyclic) bond motifs is 3. The summed E-state index contributed by atoms with van der Waals surface area (Å²) in [6, 6.07) is 21.9. The maximum atomic E-state index is 14.5. The number of benzene rings is 3. The zero-order valence-electron chi connectivity index (χ0n) is 27.1. The molecular weight excluding hydrogens is 598 g/mol. The summed E-state index contributed by atoms with van der Waals surface area (Å²) in [7, 11) is 7.34. The van der Waals surface area contributed by atoms with Gasteiger partial charge in [0.1, 0.15) is 24.0 Å². The van der Waals surface area contributed by atoms with Crippen LogP contribution in [0.2, 0.25) is 0 Å². The minimum absolute atomic E-state index is 0.0329. The average molecular weight is 640 g/mol. The number of anilines is 1. The van der Waals surface area contributed by atoms with E-state index < -0.39 is 53.0 Å². The molecule has 0 saturated heterocycles. The van der Waals surface area contributed by atoms with E-state index in [1.165, 1.54) is 0 Å². The summed E-state index contributed by atoms with van der Waals surface area (Å²) in [5.74, 6) is -5.87. The Morgan fingerprint density at radius 2 is 1.55 bits per heavy atom. The number of hydrogen-bond acceptors (Lipinski definition) is 9. The molecule has 10 nitrogen and oxygen atoms in total. The van der Waals surface area contributed by atoms with Crippen LogP contribution >= 0.6 is 0 Å². The predicted octanol–water partition coefficient (Wildman–Crippen LogP) is 3.29. The molecule has 3 aromatic rings. The van der Waals surface area contributed by atoms with Gasteiger partial charge in [0.2, 0.25) is 11.7 Å². The summed E-state index contributed by atoms with van der Waals surface area (Å²) in [5, 5.41) is 24.2. The summed E-state index contributed by atoms with van der Waals surface area (Å²) >= 11 is 0. The highest BCUT2D eigenvalue weighted by Gasteiger charge is 2.68. The van der Waals surface area contributed by atoms with Gasteiger partial charge in [0.15, 0.2) is 11.4 Å². The standard InChI is InChI=1S/C37H41N3O7/c1-39(2)26-15-16-27(46-19-21-11-7-5-8-12-21)29-24(26)17-23-18-25-31(40(3)4)33(47-20-22-13-9-6-10-14-22)30(36(38)44)35(43)37(25,45)34(42)28(23)32(29)41/h5-16,23,25,30-31,33,41,45H,17-20H2,1-4H3,(H2,38,44)/t23-,25-,30?,31?,33?,37-/m0/s1. The fraction of sp³-hybridized carbons (Fsp3) is 0.378. The van der Waals surface area contributed by atoms with Gasteiger partial charge >= 0.3 is 0 Å². The van der Waals surface area contributed by atoms with Crippen molar-refractivity contribution in [3.8, 4) is 5.75 Å². The number of carbonyl (C=O) groups is 3. The van der Waals surface area contributed by atoms with Crippen LogP contribution in [0.4, 0.5) is 5.69 Å². The molecule has 6 atom stereocenters. The average Bonchev–Trinajstić information content (AvgIpc) is 3.04. The highest BCUT2D eigenvalue weighted by Crippen LogP contribution is 2.53. The first-order valence-corrected chi connectivity index (χ1v) is 15.8. The maximum Gasteiger partial charge on any atom is 0.230 e. The van der Waals surface area contributed by atoms with Gasteiger partial charge in [-0.1, -0.05) is 60.7 Å². The largest absolute Gasteiger partial charge is 0.507 e. The minimum Gasteiger partial charge on any atom is -0.507 e. The Balaban J connectivity index is 1.43. The molecule has 0 bridgehead atoms. The summed E-state index contributed by atoms with van der Waals surface area (Å²) in [5.41, 5.74) is 6.96. The number of nitrogens with two attached hydrogens (primary N) is 1. The lowest BCUT2D eigenvalue weighted by Gasteiger charge is -2.54. The zero-order valence-corrected chi connectivity index (χ0v) is 27.1. The predicted molar refractivity (Wildman–Crippen MR) is 177 cm³/mol. The quantitative estimate of drug-likeness (QED) is 0.301. The third-order valence-electron chi connectivity index (χ3n) is 9.91. The van der Waals surface area contributed by atoms with Crippen molar-refractivity contribution in [1.82, 2.24) is 4.90 Å². The molecule has 4 N–H and O–H groups in total. The molecule has 3 unspecified atom stereocenters. The summed E-state index contributed by atoms with van der Waals surface area (Å²) in [4.78, 5) is 45.4. The van der Waals surface area contributed by atoms with Crippen molar-refractivity contribution in [2.75, 3.05) is 33.1 Å². The second-order valence-corrected chi connectivity index (χ2v) is 13.2. The van der Waals surface area contributed by atoms with E-state index in [1.54, 1.807) is 25.1 Å². The SMILES string of the molecule is CN(C)c1ccc(OCc2ccccc2)c2c1C[C@H]1C[C@H]3C(N(C)C)C(OCc4ccccc4)C(C(N)=O)C(=O)[C@@]3(O)C(=O)C1=C2O. The molecular formula is C37H41N3O7. The Labute approximate surface area is 274 Å². The van der Waals surface area contributed by atoms with E-state index in [0.717, 1.165) is 22.4 Å². The van der Waals surface area contributed by atoms with Gasteiger partial charge in [0.05, 0.1) is 18.3 Å². The van der Waals surface area contributed by atoms with E-state index in [2.05, 4.69) is 0 Å². The molecule has 3 aromatic carbocycles. The first-order chi connectivity index (χ1) is 22.4. The van der Waals surface area contributed by atoms with E-state index >= 15 is 0 Å². The molecule has 1 amide bonds. The van der Waals surface area contributed by atoms with Crippen LogP contribution in [0, 0.1) is 17.8 Å². The number of aliphatic hydroxyl groups excluding tert-OH is 1. The third kappa shape index (κ3) is 5.50. The molecule has 0 aliphatic heterocycles. The number of nitrogens with zero attached hydrogens (tertiary/aromatic N) is 2. The molecule has 0 radical (unpaired) electrons. The number of likely N-dealkylation sites (N-methyl/N-ethyl adjacent to an activating group) is 1. The van der Waals surface area contributed by atoms with Crippen molar-refractivity contribution < 1.29 is 34.1 Å². The number of ether oxygens (including phenoxy) is 2. The third-order valence-corrected chi connectivity index (χ3v) is 9.91. The Morgan fingerprint density at radius 3 is 2.13 bits per heavy atom. The van der Waals surface area contributed by atoms with E-state index in [1.807, 2.05) is 85.7 Å². The van der Waals surface area contributed by atoms with Crippen molar-refractivity contribution in [1.29, 1.82) is 0 Å². The number of rotatable bonds is 9. The van der Waals surface area contributed by atoms with E-state index in [0.29, 0.717) is 17.7 Å². The number of hydrogen-bond donors (Lipinski definition) is 3. The van der Waals surface area contributed by atoms with Crippen LogP contribution < -0.4 is 15.4 Å². The van der Waals surface area contributed by atoms with Crippen LogP contribution in [0.3, 0.4) is 0 Å². The summed E-state index contributed by atoms with van der Waals surface area (Å²) in [6.45, 7) is 0.334. The molecule has 3 aliphatic rings. The summed E-state index contributed by atoms with van der Waals surface area (Å²) < 4.78 is 12.5. The van der Waals surface area contributed by atoms with Gasteiger partial charge in [-0.25, -0.2) is 0 Å². The lowest BCUT2D eigenvalue weighted by atomic mass is 9.54. The molecule has 10 heteroatoms. The number of amides is 1. The van der Waals surface area contributed by atoms with E-state index in [9.17, 15) is 24.6 Å². The highest BCUT2D eigenvalue weighted by atomic mass is 16.5. The van der Waals surface area contributed by atoms with Gasteiger partial charge < -0.3 is 35.2 Å². The second-order valence-electron chi connectivity index (χ2n) is 13.2. The normalized spacial score (nSPS) is 26.8. The molecule has 0 aromatic heterocycles. The number of ketones is 2. The zero-order chi connectivity index (χ0) is 33.6. The fourth-order valence-electron chi connectivity index (χ4n) is 7.78. The monoisotopic (exact) mass is 639 g/mol. The van der Waals surface area contributed by atoms with Crippen LogP contribution in [0.1, 0.15) is 28.7 Å². The molecule has 2 fully saturated rings. The Morgan fingerprint density at radius 1 is 0.936 bits per heavy atom. The molecule has 3 aliphatic carbocycles.